The number of aromatic nitrogens is 3. The molecule has 1 unspecified atom stereocenters. The van der Waals surface area contributed by atoms with Crippen LogP contribution in [-0.4, -0.2) is 26.5 Å². The summed E-state index contributed by atoms with van der Waals surface area (Å²) in [5, 5.41) is 3.34. The van der Waals surface area contributed by atoms with Crippen LogP contribution in [0.15, 0.2) is 36.9 Å². The van der Waals surface area contributed by atoms with Gasteiger partial charge in [0.05, 0.1) is 12.4 Å². The third-order valence-corrected chi connectivity index (χ3v) is 3.46. The second-order valence-corrected chi connectivity index (χ2v) is 6.38. The lowest BCUT2D eigenvalue weighted by Gasteiger charge is -2.31. The summed E-state index contributed by atoms with van der Waals surface area (Å²) in [6, 6.07) is 4.95. The van der Waals surface area contributed by atoms with Crippen molar-refractivity contribution in [2.24, 2.45) is 5.41 Å². The Bertz CT molecular complexity index is 604. The van der Waals surface area contributed by atoms with E-state index >= 15 is 0 Å². The highest BCUT2D eigenvalue weighted by Gasteiger charge is 2.27. The molecule has 0 fully saturated rings. The molecule has 0 saturated heterocycles. The maximum atomic E-state index is 12.3. The highest BCUT2D eigenvalue weighted by molar-refractivity contribution is 6.29. The minimum atomic E-state index is -0.224. The first-order valence-electron chi connectivity index (χ1n) is 6.75. The van der Waals surface area contributed by atoms with Crippen LogP contribution in [0.1, 0.15) is 31.3 Å². The van der Waals surface area contributed by atoms with E-state index in [0.29, 0.717) is 17.4 Å². The van der Waals surface area contributed by atoms with Gasteiger partial charge in [-0.25, -0.2) is 9.97 Å². The van der Waals surface area contributed by atoms with Gasteiger partial charge < -0.3 is 9.88 Å². The van der Waals surface area contributed by atoms with E-state index in [9.17, 15) is 4.79 Å². The predicted molar refractivity (Wildman–Crippen MR) is 82.2 cm³/mol. The van der Waals surface area contributed by atoms with Crippen molar-refractivity contribution in [3.05, 3.63) is 47.8 Å². The molecule has 6 heteroatoms. The van der Waals surface area contributed by atoms with Gasteiger partial charge in [-0.15, -0.1) is 0 Å². The number of imidazole rings is 1. The Kier molecular flexibility index (Phi) is 4.63. The quantitative estimate of drug-likeness (QED) is 0.884. The van der Waals surface area contributed by atoms with Crippen LogP contribution in [0.25, 0.3) is 0 Å². The smallest absolute Gasteiger partial charge is 0.270 e. The second kappa shape index (κ2) is 6.26. The summed E-state index contributed by atoms with van der Waals surface area (Å²) in [6.07, 6.45) is 5.34. The molecule has 1 atom stereocenters. The number of amides is 1. The predicted octanol–water partition coefficient (Wildman–Crippen LogP) is 2.78. The zero-order valence-electron chi connectivity index (χ0n) is 12.4. The zero-order chi connectivity index (χ0) is 15.5. The Morgan fingerprint density at radius 2 is 2.19 bits per heavy atom. The lowest BCUT2D eigenvalue weighted by Crippen LogP contribution is -2.46. The number of carbonyl (C=O) groups excluding carboxylic acids is 1. The molecular formula is C15H19ClN4O. The van der Waals surface area contributed by atoms with Gasteiger partial charge in [0.1, 0.15) is 10.8 Å². The molecule has 1 amide bonds. The number of rotatable bonds is 4. The fourth-order valence-corrected chi connectivity index (χ4v) is 2.07. The minimum Gasteiger partial charge on any atom is -0.346 e. The summed E-state index contributed by atoms with van der Waals surface area (Å²) < 4.78 is 1.95. The summed E-state index contributed by atoms with van der Waals surface area (Å²) in [5.74, 6) is -0.224. The lowest BCUT2D eigenvalue weighted by molar-refractivity contribution is 0.0887. The Morgan fingerprint density at radius 1 is 1.43 bits per heavy atom. The SMILES string of the molecule is CC(C)(C)C(Cn1ccnc1)NC(=O)c1cccc(Cl)n1. The van der Waals surface area contributed by atoms with Crippen molar-refractivity contribution >= 4 is 17.5 Å². The van der Waals surface area contributed by atoms with Crippen LogP contribution in [0.3, 0.4) is 0 Å². The molecule has 5 nitrogen and oxygen atoms in total. The minimum absolute atomic E-state index is 0.0556. The van der Waals surface area contributed by atoms with Gasteiger partial charge in [0.25, 0.3) is 5.91 Å². The van der Waals surface area contributed by atoms with E-state index < -0.39 is 0 Å². The number of hydrogen-bond acceptors (Lipinski definition) is 3. The van der Waals surface area contributed by atoms with Crippen LogP contribution < -0.4 is 5.32 Å². The molecule has 0 bridgehead atoms. The molecule has 112 valence electrons. The Balaban J connectivity index is 2.13. The molecule has 0 spiro atoms. The van der Waals surface area contributed by atoms with E-state index in [0.717, 1.165) is 0 Å². The average Bonchev–Trinajstić information content (AvgIpc) is 2.89. The normalized spacial score (nSPS) is 13.0. The van der Waals surface area contributed by atoms with Gasteiger partial charge in [0.2, 0.25) is 0 Å². The van der Waals surface area contributed by atoms with Crippen LogP contribution in [0.2, 0.25) is 5.15 Å². The van der Waals surface area contributed by atoms with Gasteiger partial charge in [-0.1, -0.05) is 38.4 Å². The van der Waals surface area contributed by atoms with Crippen LogP contribution in [0.4, 0.5) is 0 Å². The standard InChI is InChI=1S/C15H19ClN4O/c1-15(2,3)12(9-20-8-7-17-10-20)19-14(21)11-5-4-6-13(16)18-11/h4-8,10,12H,9H2,1-3H3,(H,19,21). The molecule has 2 aromatic heterocycles. The van der Waals surface area contributed by atoms with Crippen LogP contribution >= 0.6 is 11.6 Å². The summed E-state index contributed by atoms with van der Waals surface area (Å²) in [4.78, 5) is 20.4. The van der Waals surface area contributed by atoms with Crippen LogP contribution in [0.5, 0.6) is 0 Å². The number of pyridine rings is 1. The highest BCUT2D eigenvalue weighted by Crippen LogP contribution is 2.21. The molecule has 0 aliphatic carbocycles. The van der Waals surface area contributed by atoms with E-state index in [1.165, 1.54) is 0 Å². The summed E-state index contributed by atoms with van der Waals surface area (Å²) in [6.45, 7) is 6.90. The van der Waals surface area contributed by atoms with E-state index in [1.807, 2.05) is 10.8 Å². The van der Waals surface area contributed by atoms with Crippen molar-refractivity contribution < 1.29 is 4.79 Å². The first-order chi connectivity index (χ1) is 9.86. The topological polar surface area (TPSA) is 59.8 Å². The maximum absolute atomic E-state index is 12.3. The van der Waals surface area contributed by atoms with Gasteiger partial charge in [-0.2, -0.15) is 0 Å². The molecule has 1 N–H and O–H groups in total. The lowest BCUT2D eigenvalue weighted by atomic mass is 9.86. The Labute approximate surface area is 129 Å². The van der Waals surface area contributed by atoms with Crippen molar-refractivity contribution in [2.45, 2.75) is 33.4 Å². The molecule has 2 rings (SSSR count). The Hall–Kier alpha value is -1.88. The van der Waals surface area contributed by atoms with Crippen LogP contribution in [0, 0.1) is 5.41 Å². The summed E-state index contributed by atoms with van der Waals surface area (Å²) >= 11 is 5.83. The highest BCUT2D eigenvalue weighted by atomic mass is 35.5. The molecule has 0 radical (unpaired) electrons. The van der Waals surface area contributed by atoms with Crippen molar-refractivity contribution in [1.29, 1.82) is 0 Å². The fraction of sp³-hybridized carbons (Fsp3) is 0.400. The van der Waals surface area contributed by atoms with Crippen molar-refractivity contribution in [3.63, 3.8) is 0 Å². The van der Waals surface area contributed by atoms with Crippen molar-refractivity contribution in [2.75, 3.05) is 0 Å². The molecule has 21 heavy (non-hydrogen) atoms. The number of carbonyl (C=O) groups is 1. The second-order valence-electron chi connectivity index (χ2n) is 6.00. The number of nitrogens with zero attached hydrogens (tertiary/aromatic N) is 3. The number of hydrogen-bond donors (Lipinski definition) is 1. The Morgan fingerprint density at radius 3 is 2.76 bits per heavy atom. The molecule has 0 saturated carbocycles. The number of nitrogens with one attached hydrogen (secondary N) is 1. The molecule has 0 aliphatic heterocycles. The summed E-state index contributed by atoms with van der Waals surface area (Å²) in [5.41, 5.74) is 0.223. The van der Waals surface area contributed by atoms with Crippen LogP contribution in [-0.2, 0) is 6.54 Å². The first kappa shape index (κ1) is 15.5. The maximum Gasteiger partial charge on any atom is 0.270 e. The van der Waals surface area contributed by atoms with Gasteiger partial charge in [0, 0.05) is 18.9 Å². The van der Waals surface area contributed by atoms with E-state index in [4.69, 9.17) is 11.6 Å². The monoisotopic (exact) mass is 306 g/mol. The third kappa shape index (κ3) is 4.29. The van der Waals surface area contributed by atoms with Crippen molar-refractivity contribution in [1.82, 2.24) is 19.9 Å². The van der Waals surface area contributed by atoms with Gasteiger partial charge >= 0.3 is 0 Å². The third-order valence-electron chi connectivity index (χ3n) is 3.25. The average molecular weight is 307 g/mol. The molecule has 2 aromatic rings. The first-order valence-corrected chi connectivity index (χ1v) is 7.13. The molecule has 0 aromatic carbocycles. The fourth-order valence-electron chi connectivity index (χ4n) is 1.91. The molecular weight excluding hydrogens is 288 g/mol. The number of halogens is 1. The largest absolute Gasteiger partial charge is 0.346 e. The van der Waals surface area contributed by atoms with E-state index in [1.54, 1.807) is 30.7 Å². The van der Waals surface area contributed by atoms with E-state index in [-0.39, 0.29) is 17.4 Å². The summed E-state index contributed by atoms with van der Waals surface area (Å²) in [7, 11) is 0. The van der Waals surface area contributed by atoms with Gasteiger partial charge in [0.15, 0.2) is 0 Å². The van der Waals surface area contributed by atoms with Gasteiger partial charge in [-0.3, -0.25) is 4.79 Å². The molecule has 2 heterocycles. The molecule has 0 aliphatic rings. The zero-order valence-corrected chi connectivity index (χ0v) is 13.1. The van der Waals surface area contributed by atoms with Crippen molar-refractivity contribution in [3.8, 4) is 0 Å². The van der Waals surface area contributed by atoms with E-state index in [2.05, 4.69) is 36.1 Å². The van der Waals surface area contributed by atoms with Gasteiger partial charge in [-0.05, 0) is 17.5 Å².